The zero-order valence-corrected chi connectivity index (χ0v) is 9.57. The zero-order chi connectivity index (χ0) is 10.7. The van der Waals surface area contributed by atoms with Crippen molar-refractivity contribution in [2.24, 2.45) is 5.92 Å². The molecule has 0 aromatic heterocycles. The summed E-state index contributed by atoms with van der Waals surface area (Å²) >= 11 is 0. The van der Waals surface area contributed by atoms with Crippen molar-refractivity contribution in [2.75, 3.05) is 31.7 Å². The third kappa shape index (κ3) is 2.51. The van der Waals surface area contributed by atoms with Crippen LogP contribution in [0, 0.1) is 12.8 Å². The van der Waals surface area contributed by atoms with Gasteiger partial charge in [0.15, 0.2) is 0 Å². The minimum Gasteiger partial charge on any atom is -0.384 e. The summed E-state index contributed by atoms with van der Waals surface area (Å²) in [6, 6.07) is 8.78. The van der Waals surface area contributed by atoms with Gasteiger partial charge in [-0.25, -0.2) is 0 Å². The van der Waals surface area contributed by atoms with E-state index < -0.39 is 0 Å². The van der Waals surface area contributed by atoms with Crippen LogP contribution in [0.15, 0.2) is 24.3 Å². The molecule has 0 unspecified atom stereocenters. The first-order chi connectivity index (χ1) is 7.29. The highest BCUT2D eigenvalue weighted by Gasteiger charge is 2.22. The SMILES string of the molecule is COC[C@@H]1CCN(c2ccc(C)cc2)C1. The summed E-state index contributed by atoms with van der Waals surface area (Å²) in [4.78, 5) is 2.45. The maximum Gasteiger partial charge on any atom is 0.0508 e. The van der Waals surface area contributed by atoms with Crippen molar-refractivity contribution in [3.8, 4) is 0 Å². The van der Waals surface area contributed by atoms with Crippen molar-refractivity contribution in [1.29, 1.82) is 0 Å². The van der Waals surface area contributed by atoms with E-state index in [9.17, 15) is 0 Å². The number of aryl methyl sites for hydroxylation is 1. The van der Waals surface area contributed by atoms with Gasteiger partial charge in [-0.15, -0.1) is 0 Å². The van der Waals surface area contributed by atoms with Gasteiger partial charge in [0.25, 0.3) is 0 Å². The molecule has 1 aliphatic heterocycles. The van der Waals surface area contributed by atoms with Gasteiger partial charge < -0.3 is 9.64 Å². The van der Waals surface area contributed by atoms with E-state index in [4.69, 9.17) is 4.74 Å². The maximum atomic E-state index is 5.20. The van der Waals surface area contributed by atoms with E-state index in [-0.39, 0.29) is 0 Å². The molecule has 1 heterocycles. The van der Waals surface area contributed by atoms with Crippen LogP contribution in [-0.4, -0.2) is 26.8 Å². The van der Waals surface area contributed by atoms with Gasteiger partial charge in [-0.05, 0) is 25.5 Å². The van der Waals surface area contributed by atoms with Crippen LogP contribution in [0.3, 0.4) is 0 Å². The second kappa shape index (κ2) is 4.67. The second-order valence-corrected chi connectivity index (χ2v) is 4.39. The van der Waals surface area contributed by atoms with Crippen LogP contribution in [0.2, 0.25) is 0 Å². The average Bonchev–Trinajstić information content (AvgIpc) is 2.68. The quantitative estimate of drug-likeness (QED) is 0.751. The van der Waals surface area contributed by atoms with Gasteiger partial charge in [0.05, 0.1) is 6.61 Å². The highest BCUT2D eigenvalue weighted by atomic mass is 16.5. The summed E-state index contributed by atoms with van der Waals surface area (Å²) in [7, 11) is 1.79. The molecule has 1 saturated heterocycles. The van der Waals surface area contributed by atoms with Crippen LogP contribution >= 0.6 is 0 Å². The summed E-state index contributed by atoms with van der Waals surface area (Å²) in [6.45, 7) is 5.32. The number of anilines is 1. The number of rotatable bonds is 3. The van der Waals surface area contributed by atoms with Crippen molar-refractivity contribution < 1.29 is 4.74 Å². The number of benzene rings is 1. The second-order valence-electron chi connectivity index (χ2n) is 4.39. The summed E-state index contributed by atoms with van der Waals surface area (Å²) in [6.07, 6.45) is 1.25. The van der Waals surface area contributed by atoms with Gasteiger partial charge in [-0.3, -0.25) is 0 Å². The Balaban J connectivity index is 1.98. The van der Waals surface area contributed by atoms with Crippen LogP contribution in [0.4, 0.5) is 5.69 Å². The van der Waals surface area contributed by atoms with E-state index in [0.29, 0.717) is 5.92 Å². The van der Waals surface area contributed by atoms with Crippen molar-refractivity contribution in [3.63, 3.8) is 0 Å². The van der Waals surface area contributed by atoms with Crippen molar-refractivity contribution in [2.45, 2.75) is 13.3 Å². The van der Waals surface area contributed by atoms with Gasteiger partial charge in [0.2, 0.25) is 0 Å². The predicted molar refractivity (Wildman–Crippen MR) is 63.4 cm³/mol. The van der Waals surface area contributed by atoms with E-state index in [2.05, 4.69) is 36.1 Å². The molecule has 2 rings (SSSR count). The fraction of sp³-hybridized carbons (Fsp3) is 0.538. The first-order valence-corrected chi connectivity index (χ1v) is 5.60. The Morgan fingerprint density at radius 2 is 2.07 bits per heavy atom. The molecule has 0 aliphatic carbocycles. The Morgan fingerprint density at radius 3 is 2.73 bits per heavy atom. The normalized spacial score (nSPS) is 20.9. The number of ether oxygens (including phenoxy) is 1. The van der Waals surface area contributed by atoms with Gasteiger partial charge in [-0.2, -0.15) is 0 Å². The lowest BCUT2D eigenvalue weighted by molar-refractivity contribution is 0.161. The number of hydrogen-bond donors (Lipinski definition) is 0. The van der Waals surface area contributed by atoms with Gasteiger partial charge >= 0.3 is 0 Å². The minimum absolute atomic E-state index is 0.705. The molecule has 1 aliphatic rings. The number of methoxy groups -OCH3 is 1. The molecule has 1 aromatic rings. The van der Waals surface area contributed by atoms with Crippen molar-refractivity contribution in [3.05, 3.63) is 29.8 Å². The molecule has 0 bridgehead atoms. The molecule has 0 spiro atoms. The molecule has 0 N–H and O–H groups in total. The molecule has 1 aromatic carbocycles. The molecule has 15 heavy (non-hydrogen) atoms. The summed E-state index contributed by atoms with van der Waals surface area (Å²) in [5, 5.41) is 0. The van der Waals surface area contributed by atoms with Crippen molar-refractivity contribution in [1.82, 2.24) is 0 Å². The van der Waals surface area contributed by atoms with E-state index >= 15 is 0 Å². The Morgan fingerprint density at radius 1 is 1.33 bits per heavy atom. The largest absolute Gasteiger partial charge is 0.384 e. The molecular formula is C13H19NO. The van der Waals surface area contributed by atoms with Crippen LogP contribution in [-0.2, 0) is 4.74 Å². The molecule has 1 atom stereocenters. The monoisotopic (exact) mass is 205 g/mol. The summed E-state index contributed by atoms with van der Waals surface area (Å²) in [5.41, 5.74) is 2.67. The molecular weight excluding hydrogens is 186 g/mol. The van der Waals surface area contributed by atoms with Crippen LogP contribution in [0.25, 0.3) is 0 Å². The number of nitrogens with zero attached hydrogens (tertiary/aromatic N) is 1. The molecule has 2 nitrogen and oxygen atoms in total. The highest BCUT2D eigenvalue weighted by molar-refractivity contribution is 5.48. The lowest BCUT2D eigenvalue weighted by Gasteiger charge is -2.18. The first kappa shape index (κ1) is 10.5. The van der Waals surface area contributed by atoms with Crippen LogP contribution < -0.4 is 4.90 Å². The summed E-state index contributed by atoms with van der Waals surface area (Å²) in [5.74, 6) is 0.705. The minimum atomic E-state index is 0.705. The van der Waals surface area contributed by atoms with E-state index in [1.54, 1.807) is 7.11 Å². The third-order valence-electron chi connectivity index (χ3n) is 3.09. The van der Waals surface area contributed by atoms with Crippen LogP contribution in [0.5, 0.6) is 0 Å². The Bertz CT molecular complexity index is 307. The van der Waals surface area contributed by atoms with Crippen molar-refractivity contribution >= 4 is 5.69 Å². The molecule has 1 fully saturated rings. The van der Waals surface area contributed by atoms with Gasteiger partial charge in [0.1, 0.15) is 0 Å². The molecule has 0 saturated carbocycles. The molecule has 0 radical (unpaired) electrons. The zero-order valence-electron chi connectivity index (χ0n) is 9.57. The molecule has 82 valence electrons. The smallest absolute Gasteiger partial charge is 0.0508 e. The Hall–Kier alpha value is -1.02. The molecule has 2 heteroatoms. The standard InChI is InChI=1S/C13H19NO/c1-11-3-5-13(6-4-11)14-8-7-12(9-14)10-15-2/h3-6,12H,7-10H2,1-2H3/t12-/m1/s1. The van der Waals surface area contributed by atoms with Gasteiger partial charge in [0, 0.05) is 31.8 Å². The van der Waals surface area contributed by atoms with Crippen LogP contribution in [0.1, 0.15) is 12.0 Å². The van der Waals surface area contributed by atoms with E-state index in [1.807, 2.05) is 0 Å². The predicted octanol–water partition coefficient (Wildman–Crippen LogP) is 2.47. The maximum absolute atomic E-state index is 5.20. The average molecular weight is 205 g/mol. The van der Waals surface area contributed by atoms with E-state index in [1.165, 1.54) is 17.7 Å². The topological polar surface area (TPSA) is 12.5 Å². The lowest BCUT2D eigenvalue weighted by Crippen LogP contribution is -2.20. The molecule has 0 amide bonds. The lowest BCUT2D eigenvalue weighted by atomic mass is 10.1. The van der Waals surface area contributed by atoms with Gasteiger partial charge in [-0.1, -0.05) is 17.7 Å². The Kier molecular flexibility index (Phi) is 3.27. The Labute approximate surface area is 91.9 Å². The fourth-order valence-electron chi connectivity index (χ4n) is 2.19. The number of hydrogen-bond acceptors (Lipinski definition) is 2. The van der Waals surface area contributed by atoms with E-state index in [0.717, 1.165) is 19.7 Å². The highest BCUT2D eigenvalue weighted by Crippen LogP contribution is 2.23. The summed E-state index contributed by atoms with van der Waals surface area (Å²) < 4.78 is 5.20. The third-order valence-corrected chi connectivity index (χ3v) is 3.09. The first-order valence-electron chi connectivity index (χ1n) is 5.60. The fourth-order valence-corrected chi connectivity index (χ4v) is 2.19.